The summed E-state index contributed by atoms with van der Waals surface area (Å²) >= 11 is 9.14. The third-order valence-electron chi connectivity index (χ3n) is 2.77. The minimum atomic E-state index is -0.616. The molecule has 0 aliphatic carbocycles. The van der Waals surface area contributed by atoms with E-state index in [0.717, 1.165) is 5.56 Å². The highest BCUT2D eigenvalue weighted by molar-refractivity contribution is 9.10. The van der Waals surface area contributed by atoms with E-state index in [2.05, 4.69) is 21.2 Å². The van der Waals surface area contributed by atoms with Crippen molar-refractivity contribution < 1.29 is 9.72 Å². The van der Waals surface area contributed by atoms with Crippen LogP contribution in [0.5, 0.6) is 0 Å². The molecule has 1 amide bonds. The molecule has 0 aliphatic heterocycles. The highest BCUT2D eigenvalue weighted by atomic mass is 79.9. The monoisotopic (exact) mass is 368 g/mol. The van der Waals surface area contributed by atoms with Crippen molar-refractivity contribution >= 4 is 44.8 Å². The number of carbonyl (C=O) groups is 1. The van der Waals surface area contributed by atoms with Crippen LogP contribution in [0.15, 0.2) is 40.9 Å². The lowest BCUT2D eigenvalue weighted by Crippen LogP contribution is -2.14. The number of nitrogens with one attached hydrogen (secondary N) is 1. The Morgan fingerprint density at radius 3 is 2.62 bits per heavy atom. The Balaban J connectivity index is 2.36. The molecule has 2 aromatic carbocycles. The topological polar surface area (TPSA) is 72.2 Å². The third-order valence-corrected chi connectivity index (χ3v) is 3.66. The molecule has 0 saturated carbocycles. The molecule has 2 rings (SSSR count). The second-order valence-corrected chi connectivity index (χ2v) is 5.65. The molecule has 0 unspecified atom stereocenters. The molecular weight excluding hydrogens is 360 g/mol. The van der Waals surface area contributed by atoms with Crippen molar-refractivity contribution in [2.45, 2.75) is 6.92 Å². The van der Waals surface area contributed by atoms with Gasteiger partial charge in [-0.3, -0.25) is 14.9 Å². The molecule has 0 bridgehead atoms. The van der Waals surface area contributed by atoms with Gasteiger partial charge in [-0.2, -0.15) is 0 Å². The van der Waals surface area contributed by atoms with Gasteiger partial charge in [-0.15, -0.1) is 0 Å². The van der Waals surface area contributed by atoms with Gasteiger partial charge in [-0.05, 0) is 52.7 Å². The van der Waals surface area contributed by atoms with Crippen molar-refractivity contribution in [3.05, 3.63) is 67.1 Å². The summed E-state index contributed by atoms with van der Waals surface area (Å²) in [6.07, 6.45) is 0. The third kappa shape index (κ3) is 3.59. The number of hydrogen-bond acceptors (Lipinski definition) is 3. The molecule has 0 atom stereocenters. The van der Waals surface area contributed by atoms with Crippen LogP contribution < -0.4 is 5.32 Å². The molecule has 21 heavy (non-hydrogen) atoms. The van der Waals surface area contributed by atoms with E-state index in [1.54, 1.807) is 6.07 Å². The van der Waals surface area contributed by atoms with Crippen molar-refractivity contribution in [2.24, 2.45) is 0 Å². The molecule has 0 heterocycles. The van der Waals surface area contributed by atoms with E-state index in [-0.39, 0.29) is 16.3 Å². The molecule has 108 valence electrons. The maximum atomic E-state index is 12.2. The van der Waals surface area contributed by atoms with Crippen molar-refractivity contribution in [3.8, 4) is 0 Å². The average Bonchev–Trinajstić information content (AvgIpc) is 2.41. The minimum Gasteiger partial charge on any atom is -0.321 e. The van der Waals surface area contributed by atoms with Gasteiger partial charge in [0.1, 0.15) is 5.56 Å². The second kappa shape index (κ2) is 6.24. The van der Waals surface area contributed by atoms with Crippen molar-refractivity contribution in [2.75, 3.05) is 5.32 Å². The van der Waals surface area contributed by atoms with Crippen molar-refractivity contribution in [1.82, 2.24) is 0 Å². The van der Waals surface area contributed by atoms with E-state index >= 15 is 0 Å². The molecule has 7 heteroatoms. The molecule has 0 aliphatic rings. The maximum Gasteiger partial charge on any atom is 0.282 e. The summed E-state index contributed by atoms with van der Waals surface area (Å²) in [4.78, 5) is 22.6. The van der Waals surface area contributed by atoms with Gasteiger partial charge in [0.15, 0.2) is 0 Å². The number of anilines is 1. The Bertz CT molecular complexity index is 734. The van der Waals surface area contributed by atoms with Crippen LogP contribution in [0, 0.1) is 17.0 Å². The fourth-order valence-electron chi connectivity index (χ4n) is 1.76. The summed E-state index contributed by atoms with van der Waals surface area (Å²) in [6.45, 7) is 1.91. The number of aryl methyl sites for hydroxylation is 1. The summed E-state index contributed by atoms with van der Waals surface area (Å²) in [6, 6.07) is 9.24. The first kappa shape index (κ1) is 15.5. The lowest BCUT2D eigenvalue weighted by molar-refractivity contribution is -0.385. The van der Waals surface area contributed by atoms with Crippen LogP contribution in [0.3, 0.4) is 0 Å². The number of amides is 1. The molecule has 2 aromatic rings. The normalized spacial score (nSPS) is 10.2. The second-order valence-electron chi connectivity index (χ2n) is 4.36. The van der Waals surface area contributed by atoms with Gasteiger partial charge in [0.2, 0.25) is 0 Å². The smallest absolute Gasteiger partial charge is 0.282 e. The fraction of sp³-hybridized carbons (Fsp3) is 0.0714. The largest absolute Gasteiger partial charge is 0.321 e. The number of benzene rings is 2. The predicted molar refractivity (Wildman–Crippen MR) is 84.9 cm³/mol. The zero-order valence-corrected chi connectivity index (χ0v) is 13.2. The molecule has 1 N–H and O–H groups in total. The first-order valence-electron chi connectivity index (χ1n) is 5.90. The molecule has 0 fully saturated rings. The predicted octanol–water partition coefficient (Wildman–Crippen LogP) is 4.57. The quantitative estimate of drug-likeness (QED) is 0.636. The van der Waals surface area contributed by atoms with Gasteiger partial charge >= 0.3 is 0 Å². The van der Waals surface area contributed by atoms with Crippen LogP contribution in [-0.4, -0.2) is 10.8 Å². The van der Waals surface area contributed by atoms with Gasteiger partial charge < -0.3 is 5.32 Å². The first-order valence-corrected chi connectivity index (χ1v) is 7.07. The van der Waals surface area contributed by atoms with E-state index in [9.17, 15) is 14.9 Å². The Labute approximate surface area is 134 Å². The van der Waals surface area contributed by atoms with E-state index in [1.807, 2.05) is 19.1 Å². The summed E-state index contributed by atoms with van der Waals surface area (Å²) < 4.78 is 0.695. The Morgan fingerprint density at radius 1 is 1.29 bits per heavy atom. The standard InChI is InChI=1S/C14H10BrClN2O3/c1-8-2-4-12(11(15)6-8)17-14(19)10-7-9(16)3-5-13(10)18(20)21/h2-7H,1H3,(H,17,19). The van der Waals surface area contributed by atoms with Gasteiger partial charge in [-0.25, -0.2) is 0 Å². The van der Waals surface area contributed by atoms with Gasteiger partial charge in [0, 0.05) is 15.6 Å². The van der Waals surface area contributed by atoms with Crippen LogP contribution in [0.2, 0.25) is 5.02 Å². The molecule has 0 spiro atoms. The molecule has 0 radical (unpaired) electrons. The zero-order valence-electron chi connectivity index (χ0n) is 10.9. The van der Waals surface area contributed by atoms with Crippen molar-refractivity contribution in [3.63, 3.8) is 0 Å². The Hall–Kier alpha value is -1.92. The van der Waals surface area contributed by atoms with Crippen LogP contribution >= 0.6 is 27.5 Å². The number of carbonyl (C=O) groups excluding carboxylic acids is 1. The van der Waals surface area contributed by atoms with Gasteiger partial charge in [0.25, 0.3) is 11.6 Å². The Morgan fingerprint density at radius 2 is 2.00 bits per heavy atom. The number of nitro groups is 1. The van der Waals surface area contributed by atoms with Crippen molar-refractivity contribution in [1.29, 1.82) is 0 Å². The number of nitro benzene ring substituents is 1. The van der Waals surface area contributed by atoms with Crippen LogP contribution in [0.1, 0.15) is 15.9 Å². The fourth-order valence-corrected chi connectivity index (χ4v) is 2.52. The molecular formula is C14H10BrClN2O3. The van der Waals surface area contributed by atoms with E-state index in [0.29, 0.717) is 10.2 Å². The highest BCUT2D eigenvalue weighted by Crippen LogP contribution is 2.27. The summed E-state index contributed by atoms with van der Waals surface area (Å²) in [5.41, 5.74) is 1.17. The van der Waals surface area contributed by atoms with E-state index < -0.39 is 10.8 Å². The lowest BCUT2D eigenvalue weighted by atomic mass is 10.1. The van der Waals surface area contributed by atoms with Gasteiger partial charge in [-0.1, -0.05) is 17.7 Å². The molecule has 5 nitrogen and oxygen atoms in total. The molecule has 0 aromatic heterocycles. The maximum absolute atomic E-state index is 12.2. The highest BCUT2D eigenvalue weighted by Gasteiger charge is 2.21. The number of rotatable bonds is 3. The van der Waals surface area contributed by atoms with E-state index in [1.165, 1.54) is 18.2 Å². The molecule has 0 saturated heterocycles. The first-order chi connectivity index (χ1) is 9.88. The van der Waals surface area contributed by atoms with Gasteiger partial charge in [0.05, 0.1) is 10.6 Å². The zero-order chi connectivity index (χ0) is 15.6. The SMILES string of the molecule is Cc1ccc(NC(=O)c2cc(Cl)ccc2[N+](=O)[O-])c(Br)c1. The Kier molecular flexibility index (Phi) is 4.59. The summed E-state index contributed by atoms with van der Waals surface area (Å²) in [5, 5.41) is 13.9. The minimum absolute atomic E-state index is 0.0834. The number of nitrogens with zero attached hydrogens (tertiary/aromatic N) is 1. The summed E-state index contributed by atoms with van der Waals surface area (Å²) in [5.74, 6) is -0.589. The van der Waals surface area contributed by atoms with Crippen LogP contribution in [-0.2, 0) is 0 Å². The number of halogens is 2. The summed E-state index contributed by atoms with van der Waals surface area (Å²) in [7, 11) is 0. The van der Waals surface area contributed by atoms with Crippen LogP contribution in [0.25, 0.3) is 0 Å². The number of hydrogen-bond donors (Lipinski definition) is 1. The van der Waals surface area contributed by atoms with Crippen LogP contribution in [0.4, 0.5) is 11.4 Å². The average molecular weight is 370 g/mol. The van der Waals surface area contributed by atoms with E-state index in [4.69, 9.17) is 11.6 Å². The lowest BCUT2D eigenvalue weighted by Gasteiger charge is -2.08.